The molecule has 13 rings (SSSR count). The van der Waals surface area contributed by atoms with Crippen molar-refractivity contribution in [2.24, 2.45) is 0 Å². The molecule has 2 bridgehead atoms. The molecule has 0 radical (unpaired) electrons. The van der Waals surface area contributed by atoms with Crippen molar-refractivity contribution < 1.29 is 37.9 Å². The normalized spacial score (nSPS) is 25.5. The molecule has 7 atom stereocenters. The Morgan fingerprint density at radius 1 is 0.875 bits per heavy atom. The number of piperidine rings is 1. The van der Waals surface area contributed by atoms with Gasteiger partial charge in [0.25, 0.3) is 6.01 Å². The second kappa shape index (κ2) is 18.2. The predicted molar refractivity (Wildman–Crippen MR) is 264 cm³/mol. The molecule has 6 fully saturated rings. The number of aromatic hydroxyl groups is 1. The number of aromatic amines is 1. The maximum atomic E-state index is 17.2. The summed E-state index contributed by atoms with van der Waals surface area (Å²) < 4.78 is 56.2. The molecule has 17 nitrogen and oxygen atoms in total. The first-order valence-corrected chi connectivity index (χ1v) is 25.0. The van der Waals surface area contributed by atoms with Crippen LogP contribution in [0, 0.1) is 24.0 Å². The fourth-order valence-corrected chi connectivity index (χ4v) is 12.2. The summed E-state index contributed by atoms with van der Waals surface area (Å²) in [7, 11) is 0. The van der Waals surface area contributed by atoms with Gasteiger partial charge < -0.3 is 49.3 Å². The third-order valence-corrected chi connectivity index (χ3v) is 15.7. The van der Waals surface area contributed by atoms with E-state index in [2.05, 4.69) is 40.9 Å². The van der Waals surface area contributed by atoms with Gasteiger partial charge in [0.1, 0.15) is 59.3 Å². The number of anilines is 2. The zero-order chi connectivity index (χ0) is 48.8. The van der Waals surface area contributed by atoms with Crippen molar-refractivity contribution in [2.45, 2.75) is 87.1 Å². The highest BCUT2D eigenvalue weighted by Gasteiger charge is 2.49. The smallest absolute Gasteiger partial charge is 0.319 e. The predicted octanol–water partition coefficient (Wildman–Crippen LogP) is 6.16. The number of ether oxygens (including phenoxy) is 4. The van der Waals surface area contributed by atoms with Crippen molar-refractivity contribution in [3.63, 3.8) is 0 Å². The van der Waals surface area contributed by atoms with Crippen LogP contribution >= 0.6 is 11.6 Å². The minimum atomic E-state index is -0.746. The molecule has 0 spiro atoms. The number of terminal acetylenes is 1. The number of aliphatic hydroxyl groups excluding tert-OH is 1. The molecular weight excluding hydrogens is 948 g/mol. The molecule has 20 heteroatoms. The first-order valence-electron chi connectivity index (χ1n) is 24.7. The number of halogens is 3. The molecule has 0 saturated carbocycles. The summed E-state index contributed by atoms with van der Waals surface area (Å²) in [5, 5.41) is 26.1. The van der Waals surface area contributed by atoms with Crippen LogP contribution in [0.5, 0.6) is 17.8 Å². The summed E-state index contributed by atoms with van der Waals surface area (Å²) in [6.07, 6.45) is 13.2. The number of phenolic OH excluding ortho intramolecular Hbond substituents is 1. The monoisotopic (exact) mass is 997 g/mol. The number of aromatic nitrogens is 7. The van der Waals surface area contributed by atoms with Gasteiger partial charge in [-0.15, -0.1) is 6.42 Å². The van der Waals surface area contributed by atoms with Gasteiger partial charge in [0.15, 0.2) is 17.6 Å². The van der Waals surface area contributed by atoms with Crippen molar-refractivity contribution >= 4 is 56.1 Å². The van der Waals surface area contributed by atoms with Crippen LogP contribution in [0.2, 0.25) is 5.02 Å². The maximum absolute atomic E-state index is 17.2. The van der Waals surface area contributed by atoms with Crippen LogP contribution in [0.25, 0.3) is 55.4 Å². The minimum absolute atomic E-state index is 0.0206. The van der Waals surface area contributed by atoms with Crippen LogP contribution in [-0.4, -0.2) is 151 Å². The van der Waals surface area contributed by atoms with E-state index in [0.717, 1.165) is 69.5 Å². The number of likely N-dealkylation sites (tertiary alicyclic amines) is 1. The van der Waals surface area contributed by atoms with E-state index in [9.17, 15) is 10.2 Å². The molecule has 4 N–H and O–H groups in total. The Morgan fingerprint density at radius 3 is 2.51 bits per heavy atom. The van der Waals surface area contributed by atoms with Gasteiger partial charge in [0.05, 0.1) is 40.4 Å². The number of imidazole rings is 1. The summed E-state index contributed by atoms with van der Waals surface area (Å²) in [6.45, 7) is 4.79. The summed E-state index contributed by atoms with van der Waals surface area (Å²) in [5.74, 6) is 2.31. The molecule has 0 amide bonds. The molecule has 2 aromatic carbocycles. The maximum Gasteiger partial charge on any atom is 0.319 e. The Morgan fingerprint density at radius 2 is 1.71 bits per heavy atom. The van der Waals surface area contributed by atoms with E-state index in [4.69, 9.17) is 56.9 Å². The molecule has 5 aromatic heterocycles. The number of phenols is 1. The van der Waals surface area contributed by atoms with Gasteiger partial charge in [-0.2, -0.15) is 15.0 Å². The zero-order valence-corrected chi connectivity index (χ0v) is 39.7. The third-order valence-electron chi connectivity index (χ3n) is 15.4. The number of H-pyrrole nitrogens is 1. The van der Waals surface area contributed by atoms with Crippen molar-refractivity contribution in [3.05, 3.63) is 77.1 Å². The second-order valence-electron chi connectivity index (χ2n) is 19.7. The molecule has 6 aliphatic rings. The van der Waals surface area contributed by atoms with Gasteiger partial charge in [-0.3, -0.25) is 9.88 Å². The Balaban J connectivity index is 0.700. The highest BCUT2D eigenvalue weighted by atomic mass is 35.5. The largest absolute Gasteiger partial charge is 0.508 e. The standard InChI is InChI=1S/C52H50ClF2N11O6/c1-2-33-37(54)9-5-26-16-32(67)17-34(42(26)33)45-43(55)46-35(20-57-45)50(65-21-28-7-8-29(22-65)58-28)63-51(61-46)71-23-31-4-3-13-66(31)30-11-14-64(15-12-30)41-10-6-27(19-56-41)44-36(53)18-38-49(60-44)62-52(59-38)72-40-25-70-47-39(68)24-69-48(40)47/h1,5-6,9-10,16-20,28-31,39-40,47-48,58,67-68H,3-4,7-8,11-15,21-25H2,(H,59,60,62)/t28?,29?,31-,39+,40+,47+,48+/m0/s1. The summed E-state index contributed by atoms with van der Waals surface area (Å²) in [6, 6.07) is 12.6. The highest BCUT2D eigenvalue weighted by Crippen LogP contribution is 2.40. The van der Waals surface area contributed by atoms with Crippen LogP contribution in [-0.2, 0) is 9.47 Å². The van der Waals surface area contributed by atoms with Gasteiger partial charge in [-0.05, 0) is 86.9 Å². The number of pyridine rings is 3. The third kappa shape index (κ3) is 8.04. The molecule has 7 aromatic rings. The lowest BCUT2D eigenvalue weighted by Gasteiger charge is -2.39. The van der Waals surface area contributed by atoms with E-state index in [-0.39, 0.29) is 82.9 Å². The van der Waals surface area contributed by atoms with Gasteiger partial charge in [0, 0.05) is 79.3 Å². The average molecular weight is 998 g/mol. The Kier molecular flexibility index (Phi) is 11.5. The topological polar surface area (TPSA) is 192 Å². The molecule has 370 valence electrons. The fourth-order valence-electron chi connectivity index (χ4n) is 11.9. The molecule has 0 aliphatic carbocycles. The Bertz CT molecular complexity index is 3290. The van der Waals surface area contributed by atoms with Crippen molar-refractivity contribution in [1.29, 1.82) is 0 Å². The van der Waals surface area contributed by atoms with Crippen LogP contribution in [0.15, 0.2) is 54.9 Å². The molecule has 11 heterocycles. The van der Waals surface area contributed by atoms with E-state index < -0.39 is 29.9 Å². The summed E-state index contributed by atoms with van der Waals surface area (Å²) >= 11 is 6.76. The highest BCUT2D eigenvalue weighted by molar-refractivity contribution is 6.33. The lowest BCUT2D eigenvalue weighted by molar-refractivity contribution is 0.00706. The minimum Gasteiger partial charge on any atom is -0.508 e. The number of hydrogen-bond acceptors (Lipinski definition) is 16. The number of hydrogen-bond donors (Lipinski definition) is 4. The summed E-state index contributed by atoms with van der Waals surface area (Å²) in [4.78, 5) is 38.6. The number of aliphatic hydroxyl groups is 1. The SMILES string of the molecule is C#Cc1c(F)ccc2cc(O)cc(-c3ncc4c(N5CC6CCC(C5)N6)nc(OC[C@@H]5CCCN5C5CCN(c6ccc(-c7nc8nc(O[C@@H]9CO[C@H]%10[C@@H]9OC[C@H]%10O)[nH]c8cc7Cl)cn6)CC5)nc4c3F)c12. The average Bonchev–Trinajstić information content (AvgIpc) is 4.25. The van der Waals surface area contributed by atoms with Gasteiger partial charge in [0.2, 0.25) is 0 Å². The van der Waals surface area contributed by atoms with Crippen molar-refractivity contribution in [1.82, 2.24) is 45.1 Å². The van der Waals surface area contributed by atoms with Crippen LogP contribution in [0.1, 0.15) is 44.1 Å². The number of fused-ring (bicyclic) bond motifs is 6. The zero-order valence-electron chi connectivity index (χ0n) is 39.0. The van der Waals surface area contributed by atoms with Gasteiger partial charge in [-0.1, -0.05) is 23.6 Å². The van der Waals surface area contributed by atoms with Gasteiger partial charge >= 0.3 is 6.01 Å². The lowest BCUT2D eigenvalue weighted by Crippen LogP contribution is -2.51. The first kappa shape index (κ1) is 45.3. The molecule has 6 aliphatic heterocycles. The number of piperazine rings is 1. The van der Waals surface area contributed by atoms with Crippen molar-refractivity contribution in [3.8, 4) is 52.6 Å². The molecular formula is C52H50ClF2N11O6. The summed E-state index contributed by atoms with van der Waals surface area (Å²) in [5.41, 5.74) is 2.39. The Labute approximate surface area is 416 Å². The lowest BCUT2D eigenvalue weighted by atomic mass is 9.96. The van der Waals surface area contributed by atoms with Gasteiger partial charge in [-0.25, -0.2) is 18.7 Å². The quantitative estimate of drug-likeness (QED) is 0.114. The van der Waals surface area contributed by atoms with E-state index in [0.29, 0.717) is 64.2 Å². The van der Waals surface area contributed by atoms with E-state index in [1.165, 1.54) is 24.3 Å². The molecule has 72 heavy (non-hydrogen) atoms. The molecule has 6 saturated heterocycles. The van der Waals surface area contributed by atoms with E-state index in [1.807, 2.05) is 12.1 Å². The van der Waals surface area contributed by atoms with Crippen molar-refractivity contribution in [2.75, 3.05) is 62.3 Å². The van der Waals surface area contributed by atoms with Crippen LogP contribution < -0.4 is 24.6 Å². The number of benzene rings is 2. The second-order valence-corrected chi connectivity index (χ2v) is 20.1. The van der Waals surface area contributed by atoms with Crippen LogP contribution in [0.4, 0.5) is 20.4 Å². The van der Waals surface area contributed by atoms with E-state index >= 15 is 8.78 Å². The number of rotatable bonds is 10. The molecule has 2 unspecified atom stereocenters. The number of nitrogens with one attached hydrogen (secondary N) is 2. The Hall–Kier alpha value is -6.53. The number of nitrogens with zero attached hydrogens (tertiary/aromatic N) is 9. The first-order chi connectivity index (χ1) is 35.1. The fraction of sp³-hybridized carbons (Fsp3) is 0.423. The van der Waals surface area contributed by atoms with Crippen LogP contribution in [0.3, 0.4) is 0 Å². The van der Waals surface area contributed by atoms with E-state index in [1.54, 1.807) is 18.5 Å².